The van der Waals surface area contributed by atoms with Gasteiger partial charge in [0.1, 0.15) is 5.56 Å². The summed E-state index contributed by atoms with van der Waals surface area (Å²) in [5.74, 6) is 1.70. The molecule has 0 spiro atoms. The Morgan fingerprint density at radius 1 is 1.22 bits per heavy atom. The number of ether oxygens (including phenoxy) is 2. The zero-order valence-electron chi connectivity index (χ0n) is 16.1. The van der Waals surface area contributed by atoms with Crippen LogP contribution in [-0.2, 0) is 9.53 Å². The number of nitrogens with one attached hydrogen (secondary N) is 1. The Morgan fingerprint density at radius 3 is 2.44 bits per heavy atom. The maximum atomic E-state index is 12.8. The van der Waals surface area contributed by atoms with Crippen molar-refractivity contribution in [2.45, 2.75) is 64.0 Å². The van der Waals surface area contributed by atoms with E-state index < -0.39 is 12.1 Å². The SMILES string of the molecule is CCOc1ncccc1C(=O)OC(C)C(=O)NC12CC3CC(CC(C3)C1)C2. The Morgan fingerprint density at radius 2 is 1.85 bits per heavy atom. The molecule has 1 atom stereocenters. The number of esters is 1. The van der Waals surface area contributed by atoms with Crippen molar-refractivity contribution < 1.29 is 19.1 Å². The van der Waals surface area contributed by atoms with Crippen molar-refractivity contribution in [1.82, 2.24) is 10.3 Å². The molecule has 1 aromatic rings. The molecule has 0 saturated heterocycles. The minimum atomic E-state index is -0.847. The lowest BCUT2D eigenvalue weighted by Crippen LogP contribution is -2.61. The van der Waals surface area contributed by atoms with Crippen LogP contribution in [0.15, 0.2) is 18.3 Å². The fourth-order valence-corrected chi connectivity index (χ4v) is 5.70. The highest BCUT2D eigenvalue weighted by atomic mass is 16.5. The Balaban J connectivity index is 1.39. The van der Waals surface area contributed by atoms with E-state index in [0.29, 0.717) is 6.61 Å². The smallest absolute Gasteiger partial charge is 0.344 e. The number of amides is 1. The number of rotatable bonds is 6. The fourth-order valence-electron chi connectivity index (χ4n) is 5.70. The van der Waals surface area contributed by atoms with Crippen LogP contribution in [0.25, 0.3) is 0 Å². The van der Waals surface area contributed by atoms with E-state index in [1.807, 2.05) is 6.92 Å². The van der Waals surface area contributed by atoms with Gasteiger partial charge in [-0.3, -0.25) is 4.79 Å². The second-order valence-electron chi connectivity index (χ2n) is 8.52. The summed E-state index contributed by atoms with van der Waals surface area (Å²) in [7, 11) is 0. The van der Waals surface area contributed by atoms with Crippen molar-refractivity contribution in [1.29, 1.82) is 0 Å². The first kappa shape index (κ1) is 18.3. The van der Waals surface area contributed by atoms with Gasteiger partial charge in [0.05, 0.1) is 6.61 Å². The fraction of sp³-hybridized carbons (Fsp3) is 0.667. The van der Waals surface area contributed by atoms with Gasteiger partial charge in [0.15, 0.2) is 6.10 Å². The first-order valence-electron chi connectivity index (χ1n) is 10.1. The number of hydrogen-bond acceptors (Lipinski definition) is 5. The zero-order chi connectivity index (χ0) is 19.0. The maximum Gasteiger partial charge on any atom is 0.344 e. The lowest BCUT2D eigenvalue weighted by Gasteiger charge is -2.57. The van der Waals surface area contributed by atoms with Crippen molar-refractivity contribution in [2.75, 3.05) is 6.61 Å². The number of nitrogens with zero attached hydrogens (tertiary/aromatic N) is 1. The van der Waals surface area contributed by atoms with Gasteiger partial charge < -0.3 is 14.8 Å². The molecule has 0 radical (unpaired) electrons. The molecule has 146 valence electrons. The molecule has 6 nitrogen and oxygen atoms in total. The van der Waals surface area contributed by atoms with E-state index in [1.165, 1.54) is 19.3 Å². The van der Waals surface area contributed by atoms with Crippen LogP contribution in [0.1, 0.15) is 62.7 Å². The minimum absolute atomic E-state index is 0.0860. The predicted octanol–water partition coefficient (Wildman–Crippen LogP) is 3.11. The molecule has 5 rings (SSSR count). The number of carbonyl (C=O) groups excluding carboxylic acids is 2. The average Bonchev–Trinajstić information content (AvgIpc) is 2.60. The molecule has 1 aromatic heterocycles. The van der Waals surface area contributed by atoms with Gasteiger partial charge in [-0.2, -0.15) is 0 Å². The van der Waals surface area contributed by atoms with Gasteiger partial charge in [-0.15, -0.1) is 0 Å². The van der Waals surface area contributed by atoms with Gasteiger partial charge >= 0.3 is 5.97 Å². The van der Waals surface area contributed by atoms with Crippen LogP contribution in [0, 0.1) is 17.8 Å². The summed E-state index contributed by atoms with van der Waals surface area (Å²) in [4.78, 5) is 29.3. The molecule has 1 amide bonds. The van der Waals surface area contributed by atoms with Crippen LogP contribution >= 0.6 is 0 Å². The predicted molar refractivity (Wildman–Crippen MR) is 99.3 cm³/mol. The minimum Gasteiger partial charge on any atom is -0.477 e. The number of aromatic nitrogens is 1. The maximum absolute atomic E-state index is 12.8. The zero-order valence-corrected chi connectivity index (χ0v) is 16.1. The molecule has 0 aromatic carbocycles. The van der Waals surface area contributed by atoms with Crippen molar-refractivity contribution in [3.63, 3.8) is 0 Å². The van der Waals surface area contributed by atoms with Crippen LogP contribution in [0.4, 0.5) is 0 Å². The van der Waals surface area contributed by atoms with Crippen molar-refractivity contribution in [2.24, 2.45) is 17.8 Å². The van der Waals surface area contributed by atoms with Crippen molar-refractivity contribution >= 4 is 11.9 Å². The third-order valence-electron chi connectivity index (χ3n) is 6.35. The van der Waals surface area contributed by atoms with Gasteiger partial charge in [-0.25, -0.2) is 9.78 Å². The van der Waals surface area contributed by atoms with Crippen LogP contribution in [0.2, 0.25) is 0 Å². The number of pyridine rings is 1. The molecule has 4 aliphatic rings. The van der Waals surface area contributed by atoms with Crippen molar-refractivity contribution in [3.05, 3.63) is 23.9 Å². The van der Waals surface area contributed by atoms with E-state index in [0.717, 1.165) is 37.0 Å². The molecule has 6 heteroatoms. The van der Waals surface area contributed by atoms with E-state index in [2.05, 4.69) is 10.3 Å². The highest BCUT2D eigenvalue weighted by Gasteiger charge is 2.51. The summed E-state index contributed by atoms with van der Waals surface area (Å²) in [6.45, 7) is 3.86. The summed E-state index contributed by atoms with van der Waals surface area (Å²) in [6.07, 6.45) is 7.89. The first-order valence-corrected chi connectivity index (χ1v) is 10.1. The number of carbonyl (C=O) groups is 2. The van der Waals surface area contributed by atoms with E-state index >= 15 is 0 Å². The Labute approximate surface area is 160 Å². The third-order valence-corrected chi connectivity index (χ3v) is 6.35. The molecule has 27 heavy (non-hydrogen) atoms. The van der Waals surface area contributed by atoms with E-state index in [4.69, 9.17) is 9.47 Å². The van der Waals surface area contributed by atoms with Gasteiger partial charge in [-0.1, -0.05) is 0 Å². The average molecular weight is 372 g/mol. The summed E-state index contributed by atoms with van der Waals surface area (Å²) >= 11 is 0. The lowest BCUT2D eigenvalue weighted by atomic mass is 9.53. The molecule has 1 heterocycles. The molecule has 4 fully saturated rings. The van der Waals surface area contributed by atoms with Crippen molar-refractivity contribution in [3.8, 4) is 5.88 Å². The number of hydrogen-bond donors (Lipinski definition) is 1. The molecule has 1 unspecified atom stereocenters. The molecule has 1 N–H and O–H groups in total. The van der Waals surface area contributed by atoms with Gasteiger partial charge in [0.25, 0.3) is 5.91 Å². The van der Waals surface area contributed by atoms with Crippen LogP contribution < -0.4 is 10.1 Å². The second kappa shape index (κ2) is 7.13. The van der Waals surface area contributed by atoms with Gasteiger partial charge in [-0.05, 0) is 82.3 Å². The Hall–Kier alpha value is -2.11. The topological polar surface area (TPSA) is 77.5 Å². The summed E-state index contributed by atoms with van der Waals surface area (Å²) in [5, 5.41) is 3.26. The van der Waals surface area contributed by atoms with Gasteiger partial charge in [0.2, 0.25) is 5.88 Å². The van der Waals surface area contributed by atoms with E-state index in [-0.39, 0.29) is 22.9 Å². The van der Waals surface area contributed by atoms with E-state index in [9.17, 15) is 9.59 Å². The van der Waals surface area contributed by atoms with Crippen LogP contribution in [0.3, 0.4) is 0 Å². The normalized spacial score (nSPS) is 32.0. The molecule has 4 bridgehead atoms. The standard InChI is InChI=1S/C21H28N2O4/c1-3-26-19-17(5-4-6-22-19)20(25)27-13(2)18(24)23-21-10-14-7-15(11-21)9-16(8-14)12-21/h4-6,13-16H,3,7-12H2,1-2H3,(H,23,24). The van der Waals surface area contributed by atoms with Crippen LogP contribution in [-0.4, -0.2) is 35.1 Å². The van der Waals surface area contributed by atoms with Gasteiger partial charge in [0, 0.05) is 11.7 Å². The monoisotopic (exact) mass is 372 g/mol. The molecular formula is C21H28N2O4. The Bertz CT molecular complexity index is 697. The lowest BCUT2D eigenvalue weighted by molar-refractivity contribution is -0.134. The molecule has 4 aliphatic carbocycles. The van der Waals surface area contributed by atoms with Crippen LogP contribution in [0.5, 0.6) is 5.88 Å². The molecule has 4 saturated carbocycles. The first-order chi connectivity index (χ1) is 13.0. The molecule has 0 aliphatic heterocycles. The third kappa shape index (κ3) is 3.66. The van der Waals surface area contributed by atoms with E-state index in [1.54, 1.807) is 25.3 Å². The molecular weight excluding hydrogens is 344 g/mol. The largest absolute Gasteiger partial charge is 0.477 e. The second-order valence-corrected chi connectivity index (χ2v) is 8.52. The quantitative estimate of drug-likeness (QED) is 0.777. The highest BCUT2D eigenvalue weighted by Crippen LogP contribution is 2.55. The Kier molecular flexibility index (Phi) is 4.82. The summed E-state index contributed by atoms with van der Waals surface area (Å²) in [5.41, 5.74) is 0.158. The summed E-state index contributed by atoms with van der Waals surface area (Å²) in [6, 6.07) is 3.25. The summed E-state index contributed by atoms with van der Waals surface area (Å²) < 4.78 is 10.8. The highest BCUT2D eigenvalue weighted by molar-refractivity contribution is 5.94.